The molecule has 1 aromatic carbocycles. The molecule has 2 N–H and O–H groups in total. The van der Waals surface area contributed by atoms with E-state index in [0.717, 1.165) is 59.0 Å². The van der Waals surface area contributed by atoms with Crippen molar-refractivity contribution < 1.29 is 18.0 Å². The third kappa shape index (κ3) is 5.82. The summed E-state index contributed by atoms with van der Waals surface area (Å²) in [5, 5.41) is 21.5. The minimum atomic E-state index is -4.30. The molecule has 2 fully saturated rings. The molecule has 0 radical (unpaired) electrons. The molecule has 4 aromatic heterocycles. The van der Waals surface area contributed by atoms with Crippen LogP contribution in [0.3, 0.4) is 0 Å². The molecule has 1 aliphatic carbocycles. The van der Waals surface area contributed by atoms with Gasteiger partial charge in [0.05, 0.1) is 30.6 Å². The van der Waals surface area contributed by atoms with Crippen molar-refractivity contribution in [3.63, 3.8) is 0 Å². The Morgan fingerprint density at radius 2 is 1.98 bits per heavy atom. The summed E-state index contributed by atoms with van der Waals surface area (Å²) in [5.74, 6) is 1.05. The van der Waals surface area contributed by atoms with Crippen molar-refractivity contribution in [3.05, 3.63) is 70.2 Å². The summed E-state index contributed by atoms with van der Waals surface area (Å²) in [6.07, 6.45) is 5.32. The summed E-state index contributed by atoms with van der Waals surface area (Å²) < 4.78 is 41.4. The first kappa shape index (κ1) is 30.2. The molecule has 2 aliphatic rings. The molecule has 0 spiro atoms. The number of nitriles is 1. The summed E-state index contributed by atoms with van der Waals surface area (Å²) in [6.45, 7) is 3.55. The number of hydrogen-bond acceptors (Lipinski definition) is 7. The Bertz CT molecular complexity index is 1930. The Morgan fingerprint density at radius 1 is 1.15 bits per heavy atom. The maximum absolute atomic E-state index is 14.0. The van der Waals surface area contributed by atoms with Crippen LogP contribution in [0.2, 0.25) is 0 Å². The maximum Gasteiger partial charge on any atom is 0.393 e. The minimum absolute atomic E-state index is 0.163. The van der Waals surface area contributed by atoms with Crippen molar-refractivity contribution in [2.24, 2.45) is 11.8 Å². The van der Waals surface area contributed by atoms with Gasteiger partial charge in [0, 0.05) is 52.1 Å². The summed E-state index contributed by atoms with van der Waals surface area (Å²) >= 11 is 1.05. The molecule has 7 rings (SSSR count). The molecule has 1 saturated heterocycles. The predicted molar refractivity (Wildman–Crippen MR) is 170 cm³/mol. The number of alkyl halides is 3. The topological polar surface area (TPSA) is 116 Å². The molecule has 1 amide bonds. The van der Waals surface area contributed by atoms with E-state index in [4.69, 9.17) is 0 Å². The predicted octanol–water partition coefficient (Wildman–Crippen LogP) is 6.52. The van der Waals surface area contributed by atoms with Gasteiger partial charge in [-0.25, -0.2) is 9.97 Å². The van der Waals surface area contributed by atoms with Gasteiger partial charge in [0.1, 0.15) is 28.7 Å². The number of nitrogens with one attached hydrogen (secondary N) is 2. The molecule has 1 saturated carbocycles. The highest BCUT2D eigenvalue weighted by atomic mass is 32.1. The fourth-order valence-electron chi connectivity index (χ4n) is 7.40. The van der Waals surface area contributed by atoms with E-state index < -0.39 is 12.6 Å². The summed E-state index contributed by atoms with van der Waals surface area (Å²) in [7, 11) is 0. The van der Waals surface area contributed by atoms with Crippen molar-refractivity contribution in [1.29, 1.82) is 5.26 Å². The number of nitrogens with zero attached hydrogens (tertiary/aromatic N) is 6. The van der Waals surface area contributed by atoms with Crippen LogP contribution >= 0.6 is 11.3 Å². The average Bonchev–Trinajstić information content (AvgIpc) is 3.83. The van der Waals surface area contributed by atoms with Crippen molar-refractivity contribution in [2.75, 3.05) is 18.0 Å². The van der Waals surface area contributed by atoms with E-state index in [1.807, 2.05) is 29.7 Å². The first-order chi connectivity index (χ1) is 22.2. The first-order valence-electron chi connectivity index (χ1n) is 15.5. The second-order valence-electron chi connectivity index (χ2n) is 12.5. The van der Waals surface area contributed by atoms with Crippen LogP contribution in [-0.2, 0) is 13.0 Å². The number of benzene rings is 1. The molecular weight excluding hydrogens is 613 g/mol. The number of anilines is 1. The lowest BCUT2D eigenvalue weighted by atomic mass is 9.78. The zero-order valence-electron chi connectivity index (χ0n) is 25.3. The van der Waals surface area contributed by atoms with Gasteiger partial charge in [-0.05, 0) is 42.7 Å². The fourth-order valence-corrected chi connectivity index (χ4v) is 8.42. The number of amides is 1. The first-order valence-corrected chi connectivity index (χ1v) is 16.4. The molecule has 9 nitrogen and oxygen atoms in total. The number of H-pyrrole nitrogens is 1. The van der Waals surface area contributed by atoms with Crippen molar-refractivity contribution in [2.45, 2.75) is 64.2 Å². The van der Waals surface area contributed by atoms with Gasteiger partial charge in [0.15, 0.2) is 0 Å². The van der Waals surface area contributed by atoms with E-state index in [0.29, 0.717) is 52.8 Å². The standard InChI is InChI=1S/C33H33F3N8OS/c1-19-24(7-8-29-25(19)9-22(12-37)44(29)15-20-13-40-41-14-20)31(45)42-28-17-43(16-27(28)21-5-3-2-4-6-21)30-26-10-23(11-33(34,35)36)46-32(26)39-18-38-30/h7-10,13-14,18,21,27-28H,2-6,11,15-17H2,1H3,(H,40,41)(H,42,45). The van der Waals surface area contributed by atoms with Crippen molar-refractivity contribution >= 4 is 44.2 Å². The average molecular weight is 647 g/mol. The molecule has 2 unspecified atom stereocenters. The molecule has 238 valence electrons. The monoisotopic (exact) mass is 646 g/mol. The van der Waals surface area contributed by atoms with Gasteiger partial charge in [-0.3, -0.25) is 9.89 Å². The number of halogens is 3. The molecule has 5 heterocycles. The van der Waals surface area contributed by atoms with E-state index >= 15 is 0 Å². The number of thiophene rings is 1. The summed E-state index contributed by atoms with van der Waals surface area (Å²) in [4.78, 5) is 25.6. The van der Waals surface area contributed by atoms with Gasteiger partial charge >= 0.3 is 6.18 Å². The van der Waals surface area contributed by atoms with Crippen LogP contribution in [0.5, 0.6) is 0 Å². The second-order valence-corrected chi connectivity index (χ2v) is 13.6. The molecule has 1 aliphatic heterocycles. The van der Waals surface area contributed by atoms with Crippen LogP contribution in [0.15, 0.2) is 43.0 Å². The number of fused-ring (bicyclic) bond motifs is 2. The fraction of sp³-hybridized carbons (Fsp3) is 0.424. The molecule has 2 atom stereocenters. The Balaban J connectivity index is 1.17. The highest BCUT2D eigenvalue weighted by molar-refractivity contribution is 7.18. The number of hydrogen-bond donors (Lipinski definition) is 2. The van der Waals surface area contributed by atoms with Crippen molar-refractivity contribution in [1.82, 2.24) is 30.0 Å². The number of aromatic nitrogens is 5. The van der Waals surface area contributed by atoms with Crippen molar-refractivity contribution in [3.8, 4) is 6.07 Å². The smallest absolute Gasteiger partial charge is 0.354 e. The third-order valence-electron chi connectivity index (χ3n) is 9.58. The third-order valence-corrected chi connectivity index (χ3v) is 10.6. The van der Waals surface area contributed by atoms with Crippen LogP contribution in [-0.4, -0.2) is 55.9 Å². The van der Waals surface area contributed by atoms with Crippen LogP contribution in [0.4, 0.5) is 19.0 Å². The Morgan fingerprint density at radius 3 is 2.72 bits per heavy atom. The van der Waals surface area contributed by atoms with Gasteiger partial charge in [0.25, 0.3) is 5.91 Å². The zero-order valence-corrected chi connectivity index (χ0v) is 26.1. The number of rotatable bonds is 7. The number of aromatic amines is 1. The van der Waals surface area contributed by atoms with E-state index in [1.54, 1.807) is 18.5 Å². The number of carbonyl (C=O) groups excluding carboxylic acids is 1. The molecular formula is C33H33F3N8OS. The molecule has 5 aromatic rings. The Hall–Kier alpha value is -4.44. The van der Waals surface area contributed by atoms with E-state index in [9.17, 15) is 23.2 Å². The van der Waals surface area contributed by atoms with Gasteiger partial charge in [0.2, 0.25) is 0 Å². The summed E-state index contributed by atoms with van der Waals surface area (Å²) in [6, 6.07) is 9.23. The molecule has 46 heavy (non-hydrogen) atoms. The lowest BCUT2D eigenvalue weighted by Gasteiger charge is -2.31. The quantitative estimate of drug-likeness (QED) is 0.208. The Labute approximate surface area is 267 Å². The zero-order chi connectivity index (χ0) is 32.0. The molecule has 13 heteroatoms. The SMILES string of the molecule is Cc1c(C(=O)NC2CN(c3ncnc4sc(CC(F)(F)F)cc34)CC2C2CCCCC2)ccc2c1cc(C#N)n2Cc1cn[nH]c1. The normalized spacial score (nSPS) is 19.2. The van der Waals surface area contributed by atoms with Gasteiger partial charge in [-0.2, -0.15) is 23.5 Å². The second kappa shape index (κ2) is 12.1. The van der Waals surface area contributed by atoms with Gasteiger partial charge in [-0.1, -0.05) is 32.1 Å². The van der Waals surface area contributed by atoms with Gasteiger partial charge in [-0.15, -0.1) is 11.3 Å². The van der Waals surface area contributed by atoms with Crippen LogP contribution in [0, 0.1) is 30.1 Å². The van der Waals surface area contributed by atoms with Crippen LogP contribution < -0.4 is 10.2 Å². The maximum atomic E-state index is 14.0. The van der Waals surface area contributed by atoms with Gasteiger partial charge < -0.3 is 14.8 Å². The van der Waals surface area contributed by atoms with E-state index in [1.165, 1.54) is 12.7 Å². The lowest BCUT2D eigenvalue weighted by molar-refractivity contribution is -0.126. The number of aryl methyl sites for hydroxylation is 1. The highest BCUT2D eigenvalue weighted by Crippen LogP contribution is 2.40. The lowest BCUT2D eigenvalue weighted by Crippen LogP contribution is -2.43. The highest BCUT2D eigenvalue weighted by Gasteiger charge is 2.40. The van der Waals surface area contributed by atoms with E-state index in [2.05, 4.69) is 36.5 Å². The van der Waals surface area contributed by atoms with Crippen LogP contribution in [0.1, 0.15) is 64.2 Å². The number of carbonyl (C=O) groups is 1. The Kier molecular flexibility index (Phi) is 7.92. The largest absolute Gasteiger partial charge is 0.393 e. The van der Waals surface area contributed by atoms with Crippen LogP contribution in [0.25, 0.3) is 21.1 Å². The van der Waals surface area contributed by atoms with E-state index in [-0.39, 0.29) is 22.7 Å². The summed E-state index contributed by atoms with van der Waals surface area (Å²) in [5.41, 5.74) is 3.66. The minimum Gasteiger partial charge on any atom is -0.354 e. The molecule has 0 bridgehead atoms.